The lowest BCUT2D eigenvalue weighted by Gasteiger charge is -2.12. The summed E-state index contributed by atoms with van der Waals surface area (Å²) in [6.45, 7) is 3.70. The number of anilines is 1. The molecule has 16 heavy (non-hydrogen) atoms. The number of hydrogen-bond donors (Lipinski definition) is 2. The third kappa shape index (κ3) is 4.12. The monoisotopic (exact) mass is 224 g/mol. The van der Waals surface area contributed by atoms with Crippen LogP contribution in [-0.4, -0.2) is 42.3 Å². The zero-order valence-electron chi connectivity index (χ0n) is 10.1. The molecule has 1 heterocycles. The van der Waals surface area contributed by atoms with Gasteiger partial charge < -0.3 is 15.3 Å². The van der Waals surface area contributed by atoms with E-state index in [-0.39, 0.29) is 12.5 Å². The molecular formula is C11H20N4O. The first-order valence-corrected chi connectivity index (χ1v) is 5.44. The van der Waals surface area contributed by atoms with Crippen LogP contribution in [0.15, 0.2) is 12.3 Å². The summed E-state index contributed by atoms with van der Waals surface area (Å²) in [6.07, 6.45) is 1.76. The smallest absolute Gasteiger partial charge is 0.225 e. The molecule has 0 aliphatic carbocycles. The second-order valence-electron chi connectivity index (χ2n) is 4.16. The van der Waals surface area contributed by atoms with Gasteiger partial charge in [-0.05, 0) is 12.0 Å². The Balaban J connectivity index is 2.45. The molecule has 0 amide bonds. The fourth-order valence-corrected chi connectivity index (χ4v) is 1.21. The standard InChI is InChI=1S/C11H20N4O/c1-9(8-16)6-12-7-10-4-5-13-11(14-10)15(2)3/h4-5,9,12,16H,6-8H2,1-3H3. The fourth-order valence-electron chi connectivity index (χ4n) is 1.21. The van der Waals surface area contributed by atoms with Crippen LogP contribution in [0.3, 0.4) is 0 Å². The van der Waals surface area contributed by atoms with Gasteiger partial charge in [0, 0.05) is 40.0 Å². The van der Waals surface area contributed by atoms with Crippen LogP contribution < -0.4 is 10.2 Å². The first-order valence-electron chi connectivity index (χ1n) is 5.44. The third-order valence-corrected chi connectivity index (χ3v) is 2.21. The lowest BCUT2D eigenvalue weighted by molar-refractivity contribution is 0.233. The average Bonchev–Trinajstić information content (AvgIpc) is 2.29. The Kier molecular flexibility index (Phi) is 5.14. The fraction of sp³-hybridized carbons (Fsp3) is 0.636. The van der Waals surface area contributed by atoms with Gasteiger partial charge in [0.1, 0.15) is 0 Å². The summed E-state index contributed by atoms with van der Waals surface area (Å²) in [4.78, 5) is 10.4. The lowest BCUT2D eigenvalue weighted by atomic mass is 10.2. The van der Waals surface area contributed by atoms with Crippen LogP contribution in [0.25, 0.3) is 0 Å². The molecule has 0 radical (unpaired) electrons. The van der Waals surface area contributed by atoms with Gasteiger partial charge in [-0.1, -0.05) is 6.92 Å². The molecule has 0 spiro atoms. The van der Waals surface area contributed by atoms with E-state index < -0.39 is 0 Å². The van der Waals surface area contributed by atoms with Gasteiger partial charge in [-0.3, -0.25) is 0 Å². The summed E-state index contributed by atoms with van der Waals surface area (Å²) < 4.78 is 0. The first-order chi connectivity index (χ1) is 7.63. The van der Waals surface area contributed by atoms with Gasteiger partial charge in [0.2, 0.25) is 5.95 Å². The van der Waals surface area contributed by atoms with Gasteiger partial charge >= 0.3 is 0 Å². The molecule has 5 nitrogen and oxygen atoms in total. The topological polar surface area (TPSA) is 61.3 Å². The summed E-state index contributed by atoms with van der Waals surface area (Å²) >= 11 is 0. The maximum atomic E-state index is 8.88. The van der Waals surface area contributed by atoms with Crippen molar-refractivity contribution in [2.24, 2.45) is 5.92 Å². The van der Waals surface area contributed by atoms with E-state index in [9.17, 15) is 0 Å². The second-order valence-corrected chi connectivity index (χ2v) is 4.16. The van der Waals surface area contributed by atoms with E-state index in [0.717, 1.165) is 18.2 Å². The Morgan fingerprint density at radius 1 is 1.50 bits per heavy atom. The quantitative estimate of drug-likeness (QED) is 0.726. The summed E-state index contributed by atoms with van der Waals surface area (Å²) in [6, 6.07) is 1.89. The van der Waals surface area contributed by atoms with Gasteiger partial charge in [0.25, 0.3) is 0 Å². The number of rotatable bonds is 6. The molecule has 0 aliphatic rings. The van der Waals surface area contributed by atoms with Crippen LogP contribution in [0.5, 0.6) is 0 Å². The largest absolute Gasteiger partial charge is 0.396 e. The average molecular weight is 224 g/mol. The molecule has 5 heteroatoms. The van der Waals surface area contributed by atoms with Crippen molar-refractivity contribution in [3.8, 4) is 0 Å². The Morgan fingerprint density at radius 3 is 2.88 bits per heavy atom. The summed E-state index contributed by atoms with van der Waals surface area (Å²) in [5.74, 6) is 0.990. The van der Waals surface area contributed by atoms with E-state index in [0.29, 0.717) is 6.54 Å². The highest BCUT2D eigenvalue weighted by molar-refractivity contribution is 5.26. The molecular weight excluding hydrogens is 204 g/mol. The Labute approximate surface area is 96.5 Å². The van der Waals surface area contributed by atoms with Crippen molar-refractivity contribution in [1.82, 2.24) is 15.3 Å². The highest BCUT2D eigenvalue weighted by Gasteiger charge is 2.02. The molecule has 0 saturated heterocycles. The lowest BCUT2D eigenvalue weighted by Crippen LogP contribution is -2.23. The van der Waals surface area contributed by atoms with Crippen molar-refractivity contribution in [2.75, 3.05) is 32.1 Å². The molecule has 1 unspecified atom stereocenters. The van der Waals surface area contributed by atoms with Crippen molar-refractivity contribution >= 4 is 5.95 Å². The first kappa shape index (κ1) is 12.9. The van der Waals surface area contributed by atoms with E-state index >= 15 is 0 Å². The molecule has 0 aliphatic heterocycles. The molecule has 90 valence electrons. The minimum atomic E-state index is 0.208. The SMILES string of the molecule is CC(CO)CNCc1ccnc(N(C)C)n1. The molecule has 1 aromatic rings. The maximum absolute atomic E-state index is 8.88. The molecule has 0 aromatic carbocycles. The predicted molar refractivity (Wildman–Crippen MR) is 64.3 cm³/mol. The van der Waals surface area contributed by atoms with Crippen LogP contribution in [0.2, 0.25) is 0 Å². The van der Waals surface area contributed by atoms with Crippen LogP contribution >= 0.6 is 0 Å². The molecule has 2 N–H and O–H groups in total. The van der Waals surface area contributed by atoms with Crippen molar-refractivity contribution < 1.29 is 5.11 Å². The Bertz CT molecular complexity index is 317. The normalized spacial score (nSPS) is 12.5. The predicted octanol–water partition coefficient (Wildman–Crippen LogP) is 0.261. The van der Waals surface area contributed by atoms with Gasteiger partial charge in [-0.25, -0.2) is 9.97 Å². The highest BCUT2D eigenvalue weighted by atomic mass is 16.3. The second kappa shape index (κ2) is 6.40. The molecule has 0 fully saturated rings. The van der Waals surface area contributed by atoms with Crippen molar-refractivity contribution in [3.63, 3.8) is 0 Å². The van der Waals surface area contributed by atoms with Crippen LogP contribution in [0, 0.1) is 5.92 Å². The number of aliphatic hydroxyl groups is 1. The van der Waals surface area contributed by atoms with Gasteiger partial charge in [0.15, 0.2) is 0 Å². The summed E-state index contributed by atoms with van der Waals surface area (Å²) in [7, 11) is 3.83. The van der Waals surface area contributed by atoms with Gasteiger partial charge in [0.05, 0.1) is 5.69 Å². The van der Waals surface area contributed by atoms with E-state index in [1.807, 2.05) is 32.0 Å². The maximum Gasteiger partial charge on any atom is 0.225 e. The van der Waals surface area contributed by atoms with E-state index in [2.05, 4.69) is 15.3 Å². The van der Waals surface area contributed by atoms with Crippen molar-refractivity contribution in [1.29, 1.82) is 0 Å². The minimum Gasteiger partial charge on any atom is -0.396 e. The molecule has 0 bridgehead atoms. The van der Waals surface area contributed by atoms with Crippen LogP contribution in [0.4, 0.5) is 5.95 Å². The van der Waals surface area contributed by atoms with Crippen molar-refractivity contribution in [3.05, 3.63) is 18.0 Å². The van der Waals surface area contributed by atoms with Crippen LogP contribution in [-0.2, 0) is 6.54 Å². The zero-order chi connectivity index (χ0) is 12.0. The molecule has 0 saturated carbocycles. The molecule has 1 atom stereocenters. The number of nitrogens with zero attached hydrogens (tertiary/aromatic N) is 3. The van der Waals surface area contributed by atoms with Crippen LogP contribution in [0.1, 0.15) is 12.6 Å². The van der Waals surface area contributed by atoms with E-state index in [1.54, 1.807) is 6.20 Å². The summed E-state index contributed by atoms with van der Waals surface area (Å²) in [5, 5.41) is 12.1. The number of hydrogen-bond acceptors (Lipinski definition) is 5. The highest BCUT2D eigenvalue weighted by Crippen LogP contribution is 2.03. The summed E-state index contributed by atoms with van der Waals surface area (Å²) in [5.41, 5.74) is 0.962. The Hall–Kier alpha value is -1.20. The van der Waals surface area contributed by atoms with Gasteiger partial charge in [-0.15, -0.1) is 0 Å². The van der Waals surface area contributed by atoms with Gasteiger partial charge in [-0.2, -0.15) is 0 Å². The van der Waals surface area contributed by atoms with E-state index in [4.69, 9.17) is 5.11 Å². The minimum absolute atomic E-state index is 0.208. The zero-order valence-corrected chi connectivity index (χ0v) is 10.1. The number of aromatic nitrogens is 2. The Morgan fingerprint density at radius 2 is 2.25 bits per heavy atom. The number of nitrogens with one attached hydrogen (secondary N) is 1. The molecule has 1 rings (SSSR count). The van der Waals surface area contributed by atoms with Crippen molar-refractivity contribution in [2.45, 2.75) is 13.5 Å². The third-order valence-electron chi connectivity index (χ3n) is 2.21. The number of aliphatic hydroxyl groups excluding tert-OH is 1. The molecule has 1 aromatic heterocycles. The van der Waals surface area contributed by atoms with E-state index in [1.165, 1.54) is 0 Å².